The van der Waals surface area contributed by atoms with Crippen LogP contribution in [0.5, 0.6) is 0 Å². The number of hydrogen-bond donors (Lipinski definition) is 2. The van der Waals surface area contributed by atoms with Crippen LogP contribution in [-0.4, -0.2) is 42.7 Å². The summed E-state index contributed by atoms with van der Waals surface area (Å²) in [4.78, 5) is 3.95. The summed E-state index contributed by atoms with van der Waals surface area (Å²) < 4.78 is 0. The molecule has 3 nitrogen and oxygen atoms in total. The van der Waals surface area contributed by atoms with Crippen molar-refractivity contribution in [2.24, 2.45) is 0 Å². The summed E-state index contributed by atoms with van der Waals surface area (Å²) in [7, 11) is 0. The number of quaternary nitrogens is 1. The first kappa shape index (κ1) is 14.3. The van der Waals surface area contributed by atoms with Gasteiger partial charge in [0.2, 0.25) is 0 Å². The van der Waals surface area contributed by atoms with E-state index < -0.39 is 0 Å². The molecule has 0 spiro atoms. The maximum Gasteiger partial charge on any atom is 0.173 e. The van der Waals surface area contributed by atoms with Crippen LogP contribution in [0.25, 0.3) is 0 Å². The van der Waals surface area contributed by atoms with Crippen LogP contribution in [0.1, 0.15) is 18.1 Å². The Morgan fingerprint density at radius 3 is 2.53 bits per heavy atom. The maximum absolute atomic E-state index is 5.51. The zero-order chi connectivity index (χ0) is 13.8. The van der Waals surface area contributed by atoms with Gasteiger partial charge in [-0.15, -0.1) is 0 Å². The van der Waals surface area contributed by atoms with E-state index in [0.29, 0.717) is 0 Å². The Labute approximate surface area is 121 Å². The van der Waals surface area contributed by atoms with E-state index in [1.165, 1.54) is 30.8 Å². The molecular weight excluding hydrogens is 254 g/mol. The highest BCUT2D eigenvalue weighted by Gasteiger charge is 2.20. The lowest BCUT2D eigenvalue weighted by Gasteiger charge is -2.33. The van der Waals surface area contributed by atoms with Crippen molar-refractivity contribution in [2.45, 2.75) is 20.8 Å². The predicted molar refractivity (Wildman–Crippen MR) is 84.9 cm³/mol. The van der Waals surface area contributed by atoms with Crippen molar-refractivity contribution in [2.75, 3.05) is 38.0 Å². The molecule has 0 radical (unpaired) electrons. The fraction of sp³-hybridized carbons (Fsp3) is 0.533. The van der Waals surface area contributed by atoms with Gasteiger partial charge in [0.1, 0.15) is 0 Å². The third-order valence-corrected chi connectivity index (χ3v) is 4.38. The van der Waals surface area contributed by atoms with Crippen LogP contribution in [0.4, 0.5) is 5.69 Å². The number of piperazine rings is 1. The third-order valence-electron chi connectivity index (χ3n) is 4.02. The molecule has 1 fully saturated rings. The Hall–Kier alpha value is -1.13. The highest BCUT2D eigenvalue weighted by atomic mass is 32.1. The highest BCUT2D eigenvalue weighted by Crippen LogP contribution is 2.14. The van der Waals surface area contributed by atoms with Crippen molar-refractivity contribution < 1.29 is 4.90 Å². The number of anilines is 1. The van der Waals surface area contributed by atoms with Gasteiger partial charge in [-0.3, -0.25) is 0 Å². The number of benzene rings is 1. The minimum atomic E-state index is 0.860. The number of likely N-dealkylation sites (N-methyl/N-ethyl adjacent to an activating group) is 1. The maximum atomic E-state index is 5.51. The molecule has 0 amide bonds. The molecule has 104 valence electrons. The zero-order valence-electron chi connectivity index (χ0n) is 12.1. The molecule has 1 heterocycles. The highest BCUT2D eigenvalue weighted by molar-refractivity contribution is 7.80. The van der Waals surface area contributed by atoms with Gasteiger partial charge in [-0.2, -0.15) is 0 Å². The molecule has 1 aromatic carbocycles. The smallest absolute Gasteiger partial charge is 0.173 e. The number of nitrogens with zero attached hydrogens (tertiary/aromatic N) is 1. The fourth-order valence-corrected chi connectivity index (χ4v) is 2.70. The minimum absolute atomic E-state index is 0.860. The first-order valence-corrected chi connectivity index (χ1v) is 7.47. The van der Waals surface area contributed by atoms with Gasteiger partial charge in [0, 0.05) is 5.69 Å². The molecule has 0 aromatic heterocycles. The van der Waals surface area contributed by atoms with E-state index in [2.05, 4.69) is 49.2 Å². The summed E-state index contributed by atoms with van der Waals surface area (Å²) in [5, 5.41) is 4.22. The van der Waals surface area contributed by atoms with Gasteiger partial charge in [-0.05, 0) is 56.2 Å². The van der Waals surface area contributed by atoms with Crippen LogP contribution >= 0.6 is 12.2 Å². The zero-order valence-corrected chi connectivity index (χ0v) is 12.9. The largest absolute Gasteiger partial charge is 0.338 e. The van der Waals surface area contributed by atoms with Crippen LogP contribution in [0.3, 0.4) is 0 Å². The lowest BCUT2D eigenvalue weighted by Crippen LogP contribution is -3.14. The SMILES string of the molecule is CC[NH+]1CCN(C(=S)Nc2ccc(C)c(C)c2)CC1. The number of hydrogen-bond acceptors (Lipinski definition) is 1. The monoisotopic (exact) mass is 278 g/mol. The first-order chi connectivity index (χ1) is 9.10. The van der Waals surface area contributed by atoms with Crippen LogP contribution in [0.15, 0.2) is 18.2 Å². The van der Waals surface area contributed by atoms with Crippen molar-refractivity contribution >= 4 is 23.0 Å². The quantitative estimate of drug-likeness (QED) is 0.794. The third kappa shape index (κ3) is 3.67. The molecule has 4 heteroatoms. The van der Waals surface area contributed by atoms with Crippen molar-refractivity contribution in [3.05, 3.63) is 29.3 Å². The fourth-order valence-electron chi connectivity index (χ4n) is 2.40. The average molecular weight is 278 g/mol. The van der Waals surface area contributed by atoms with Gasteiger partial charge in [0.15, 0.2) is 5.11 Å². The Bertz CT molecular complexity index is 451. The van der Waals surface area contributed by atoms with E-state index in [1.54, 1.807) is 4.90 Å². The number of thiocarbonyl (C=S) groups is 1. The van der Waals surface area contributed by atoms with Gasteiger partial charge in [0.05, 0.1) is 32.7 Å². The number of nitrogens with one attached hydrogen (secondary N) is 2. The molecule has 1 aromatic rings. The van der Waals surface area contributed by atoms with Crippen LogP contribution in [0, 0.1) is 13.8 Å². The van der Waals surface area contributed by atoms with E-state index in [4.69, 9.17) is 12.2 Å². The summed E-state index contributed by atoms with van der Waals surface area (Å²) >= 11 is 5.51. The second kappa shape index (κ2) is 6.35. The minimum Gasteiger partial charge on any atom is -0.338 e. The van der Waals surface area contributed by atoms with Gasteiger partial charge in [-0.25, -0.2) is 0 Å². The molecule has 2 rings (SSSR count). The molecule has 19 heavy (non-hydrogen) atoms. The number of rotatable bonds is 2. The molecule has 1 aliphatic heterocycles. The second-order valence-electron chi connectivity index (χ2n) is 5.32. The van der Waals surface area contributed by atoms with E-state index in [1.807, 2.05) is 0 Å². The molecule has 0 bridgehead atoms. The molecule has 0 saturated carbocycles. The normalized spacial score (nSPS) is 16.5. The van der Waals surface area contributed by atoms with Crippen LogP contribution in [-0.2, 0) is 0 Å². The Morgan fingerprint density at radius 1 is 1.26 bits per heavy atom. The molecule has 2 N–H and O–H groups in total. The molecule has 0 atom stereocenters. The Balaban J connectivity index is 1.92. The van der Waals surface area contributed by atoms with E-state index >= 15 is 0 Å². The molecule has 1 saturated heterocycles. The molecule has 0 aliphatic carbocycles. The van der Waals surface area contributed by atoms with Crippen molar-refractivity contribution in [1.82, 2.24) is 4.90 Å². The molecular formula is C15H24N3S+. The summed E-state index contributed by atoms with van der Waals surface area (Å²) in [6.45, 7) is 12.2. The van der Waals surface area contributed by atoms with Crippen molar-refractivity contribution in [1.29, 1.82) is 0 Å². The number of aryl methyl sites for hydroxylation is 2. The predicted octanol–water partition coefficient (Wildman–Crippen LogP) is 1.22. The Kier molecular flexibility index (Phi) is 4.77. The lowest BCUT2D eigenvalue weighted by molar-refractivity contribution is -0.902. The molecule has 0 unspecified atom stereocenters. The molecule has 1 aliphatic rings. The summed E-state index contributed by atoms with van der Waals surface area (Å²) in [6, 6.07) is 6.40. The van der Waals surface area contributed by atoms with E-state index in [9.17, 15) is 0 Å². The van der Waals surface area contributed by atoms with Crippen LogP contribution in [0.2, 0.25) is 0 Å². The van der Waals surface area contributed by atoms with Crippen molar-refractivity contribution in [3.63, 3.8) is 0 Å². The standard InChI is InChI=1S/C15H23N3S/c1-4-17-7-9-18(10-8-17)15(19)16-14-6-5-12(2)13(3)11-14/h5-6,11H,4,7-10H2,1-3H3,(H,16,19)/p+1. The average Bonchev–Trinajstić information content (AvgIpc) is 2.43. The topological polar surface area (TPSA) is 19.7 Å². The van der Waals surface area contributed by atoms with E-state index in [-0.39, 0.29) is 0 Å². The first-order valence-electron chi connectivity index (χ1n) is 7.07. The summed E-state index contributed by atoms with van der Waals surface area (Å²) in [5.41, 5.74) is 3.71. The van der Waals surface area contributed by atoms with Gasteiger partial charge in [0.25, 0.3) is 0 Å². The Morgan fingerprint density at radius 2 is 1.95 bits per heavy atom. The summed E-state index contributed by atoms with van der Waals surface area (Å²) in [6.07, 6.45) is 0. The van der Waals surface area contributed by atoms with Crippen LogP contribution < -0.4 is 10.2 Å². The van der Waals surface area contributed by atoms with Gasteiger partial charge in [-0.1, -0.05) is 6.07 Å². The lowest BCUT2D eigenvalue weighted by atomic mass is 10.1. The van der Waals surface area contributed by atoms with E-state index in [0.717, 1.165) is 23.9 Å². The van der Waals surface area contributed by atoms with Crippen molar-refractivity contribution in [3.8, 4) is 0 Å². The second-order valence-corrected chi connectivity index (χ2v) is 5.71. The van der Waals surface area contributed by atoms with Gasteiger partial charge < -0.3 is 15.1 Å². The van der Waals surface area contributed by atoms with Gasteiger partial charge >= 0.3 is 0 Å². The summed E-state index contributed by atoms with van der Waals surface area (Å²) in [5.74, 6) is 0.